The van der Waals surface area contributed by atoms with E-state index in [0.717, 1.165) is 31.5 Å². The number of hydrogen-bond acceptors (Lipinski definition) is 4. The summed E-state index contributed by atoms with van der Waals surface area (Å²) in [6, 6.07) is 8.33. The van der Waals surface area contributed by atoms with Crippen molar-refractivity contribution >= 4 is 34.1 Å². The van der Waals surface area contributed by atoms with E-state index >= 15 is 0 Å². The number of halogens is 1. The highest BCUT2D eigenvalue weighted by molar-refractivity contribution is 6.32. The van der Waals surface area contributed by atoms with E-state index in [-0.39, 0.29) is 16.6 Å². The van der Waals surface area contributed by atoms with E-state index in [4.69, 9.17) is 11.6 Å². The normalized spacial score (nSPS) is 13.9. The highest BCUT2D eigenvalue weighted by Gasteiger charge is 2.16. The quantitative estimate of drug-likeness (QED) is 0.703. The topological polar surface area (TPSA) is 76.9 Å². The van der Waals surface area contributed by atoms with Crippen molar-refractivity contribution in [3.05, 3.63) is 63.4 Å². The summed E-state index contributed by atoms with van der Waals surface area (Å²) in [5.74, 6) is 0.478. The average molecular weight is 369 g/mol. The molecule has 0 saturated heterocycles. The maximum absolute atomic E-state index is 12.7. The van der Waals surface area contributed by atoms with Gasteiger partial charge in [0.15, 0.2) is 5.15 Å². The van der Waals surface area contributed by atoms with Gasteiger partial charge in [0.1, 0.15) is 5.82 Å². The summed E-state index contributed by atoms with van der Waals surface area (Å²) in [5, 5.41) is 3.49. The fourth-order valence-corrected chi connectivity index (χ4v) is 3.40. The van der Waals surface area contributed by atoms with Gasteiger partial charge in [0, 0.05) is 24.7 Å². The van der Waals surface area contributed by atoms with Gasteiger partial charge in [0.25, 0.3) is 11.5 Å². The molecule has 7 heteroatoms. The molecule has 0 fully saturated rings. The number of carbonyl (C=O) groups is 1. The Bertz CT molecular complexity index is 1060. The maximum Gasteiger partial charge on any atom is 0.261 e. The summed E-state index contributed by atoms with van der Waals surface area (Å²) in [7, 11) is 0. The number of benzene rings is 1. The Kier molecular flexibility index (Phi) is 4.42. The number of amides is 1. The molecule has 0 atom stereocenters. The lowest BCUT2D eigenvalue weighted by atomic mass is 10.1. The van der Waals surface area contributed by atoms with Gasteiger partial charge >= 0.3 is 0 Å². The van der Waals surface area contributed by atoms with Gasteiger partial charge in [-0.2, -0.15) is 0 Å². The van der Waals surface area contributed by atoms with Crippen LogP contribution < -0.4 is 10.9 Å². The van der Waals surface area contributed by atoms with Crippen molar-refractivity contribution in [3.63, 3.8) is 0 Å². The highest BCUT2D eigenvalue weighted by Crippen LogP contribution is 2.20. The molecule has 1 N–H and O–H groups in total. The molecular weight excluding hydrogens is 352 g/mol. The van der Waals surface area contributed by atoms with Gasteiger partial charge in [-0.25, -0.2) is 9.97 Å². The van der Waals surface area contributed by atoms with E-state index in [1.54, 1.807) is 41.1 Å². The largest absolute Gasteiger partial charge is 0.319 e. The molecule has 3 aromatic rings. The average Bonchev–Trinajstić information content (AvgIpc) is 2.89. The zero-order chi connectivity index (χ0) is 18.1. The Morgan fingerprint density at radius 1 is 1.19 bits per heavy atom. The van der Waals surface area contributed by atoms with Crippen LogP contribution >= 0.6 is 11.6 Å². The van der Waals surface area contributed by atoms with E-state index in [2.05, 4.69) is 15.3 Å². The lowest BCUT2D eigenvalue weighted by Gasteiger charge is -2.11. The summed E-state index contributed by atoms with van der Waals surface area (Å²) in [4.78, 5) is 33.9. The molecule has 1 aliphatic heterocycles. The van der Waals surface area contributed by atoms with E-state index < -0.39 is 0 Å². The van der Waals surface area contributed by atoms with Crippen molar-refractivity contribution in [2.24, 2.45) is 0 Å². The first-order chi connectivity index (χ1) is 12.6. The first kappa shape index (κ1) is 16.7. The Hall–Kier alpha value is -2.73. The summed E-state index contributed by atoms with van der Waals surface area (Å²) < 4.78 is 1.77. The number of nitrogens with zero attached hydrogens (tertiary/aromatic N) is 3. The zero-order valence-corrected chi connectivity index (χ0v) is 14.8. The van der Waals surface area contributed by atoms with E-state index in [9.17, 15) is 9.59 Å². The molecule has 0 aliphatic carbocycles. The number of pyridine rings is 1. The summed E-state index contributed by atoms with van der Waals surface area (Å²) >= 11 is 5.98. The first-order valence-corrected chi connectivity index (χ1v) is 8.96. The van der Waals surface area contributed by atoms with Gasteiger partial charge in [0.2, 0.25) is 0 Å². The lowest BCUT2D eigenvalue weighted by molar-refractivity contribution is 0.102. The molecule has 0 unspecified atom stereocenters. The predicted molar refractivity (Wildman–Crippen MR) is 101 cm³/mol. The predicted octanol–water partition coefficient (Wildman–Crippen LogP) is 3.42. The second-order valence-corrected chi connectivity index (χ2v) is 6.68. The fourth-order valence-electron chi connectivity index (χ4n) is 3.23. The van der Waals surface area contributed by atoms with Gasteiger partial charge < -0.3 is 5.32 Å². The number of anilines is 1. The second-order valence-electron chi connectivity index (χ2n) is 6.32. The van der Waals surface area contributed by atoms with Gasteiger partial charge in [-0.05, 0) is 43.2 Å². The van der Waals surface area contributed by atoms with Crippen LogP contribution in [0.5, 0.6) is 0 Å². The number of carbonyl (C=O) groups excluding carboxylic acids is 1. The molecule has 26 heavy (non-hydrogen) atoms. The van der Waals surface area contributed by atoms with Crippen LogP contribution in [0.3, 0.4) is 0 Å². The van der Waals surface area contributed by atoms with Crippen molar-refractivity contribution in [2.75, 3.05) is 5.32 Å². The van der Waals surface area contributed by atoms with Crippen LogP contribution in [0.4, 0.5) is 5.69 Å². The minimum Gasteiger partial charge on any atom is -0.319 e. The van der Waals surface area contributed by atoms with Gasteiger partial charge in [-0.1, -0.05) is 18.0 Å². The Balaban J connectivity index is 1.72. The number of hydrogen-bond donors (Lipinski definition) is 1. The molecule has 2 aromatic heterocycles. The van der Waals surface area contributed by atoms with Crippen LogP contribution in [0.15, 0.2) is 41.3 Å². The lowest BCUT2D eigenvalue weighted by Crippen LogP contribution is -2.24. The monoisotopic (exact) mass is 368 g/mol. The molecule has 1 aliphatic rings. The molecule has 1 aromatic carbocycles. The third-order valence-electron chi connectivity index (χ3n) is 4.59. The summed E-state index contributed by atoms with van der Waals surface area (Å²) in [6.45, 7) is 0.707. The maximum atomic E-state index is 12.7. The summed E-state index contributed by atoms with van der Waals surface area (Å²) in [6.07, 6.45) is 5.45. The van der Waals surface area contributed by atoms with Crippen molar-refractivity contribution in [1.29, 1.82) is 0 Å². The molecule has 132 valence electrons. The first-order valence-electron chi connectivity index (χ1n) is 8.59. The van der Waals surface area contributed by atoms with E-state index in [0.29, 0.717) is 28.7 Å². The number of fused-ring (bicyclic) bond motifs is 2. The molecule has 0 saturated carbocycles. The standard InChI is InChI=1S/C19H17ClN4O2/c20-17-14(5-4-9-21-17)23-18(25)12-7-8-13-15(11-12)22-16-6-2-1-3-10-24(16)19(13)26/h4-5,7-9,11H,1-3,6,10H2,(H,23,25). The van der Waals surface area contributed by atoms with E-state index in [1.807, 2.05) is 0 Å². The van der Waals surface area contributed by atoms with Gasteiger partial charge in [-0.15, -0.1) is 0 Å². The zero-order valence-electron chi connectivity index (χ0n) is 14.0. The second kappa shape index (κ2) is 6.88. The molecule has 4 rings (SSSR count). The Labute approximate surface area is 154 Å². The SMILES string of the molecule is O=C(Nc1cccnc1Cl)c1ccc2c(=O)n3c(nc2c1)CCCCC3. The molecule has 6 nitrogen and oxygen atoms in total. The minimum absolute atomic E-state index is 0.0332. The van der Waals surface area contributed by atoms with Gasteiger partial charge in [0.05, 0.1) is 16.6 Å². The third kappa shape index (κ3) is 3.08. The van der Waals surface area contributed by atoms with Crippen LogP contribution in [0.25, 0.3) is 10.9 Å². The van der Waals surface area contributed by atoms with Crippen LogP contribution in [-0.4, -0.2) is 20.4 Å². The Morgan fingerprint density at radius 3 is 2.92 bits per heavy atom. The number of nitrogens with one attached hydrogen (secondary N) is 1. The van der Waals surface area contributed by atoms with Crippen molar-refractivity contribution in [3.8, 4) is 0 Å². The minimum atomic E-state index is -0.321. The molecular formula is C19H17ClN4O2. The molecule has 0 spiro atoms. The smallest absolute Gasteiger partial charge is 0.261 e. The van der Waals surface area contributed by atoms with Crippen LogP contribution in [0.2, 0.25) is 5.15 Å². The van der Waals surface area contributed by atoms with Crippen molar-refractivity contribution in [2.45, 2.75) is 32.2 Å². The van der Waals surface area contributed by atoms with Crippen molar-refractivity contribution < 1.29 is 4.79 Å². The molecule has 0 radical (unpaired) electrons. The number of rotatable bonds is 2. The summed E-state index contributed by atoms with van der Waals surface area (Å²) in [5.41, 5.74) is 1.37. The van der Waals surface area contributed by atoms with Crippen LogP contribution in [0, 0.1) is 0 Å². The highest BCUT2D eigenvalue weighted by atomic mass is 35.5. The number of aromatic nitrogens is 3. The van der Waals surface area contributed by atoms with Crippen LogP contribution in [0.1, 0.15) is 35.4 Å². The van der Waals surface area contributed by atoms with E-state index in [1.165, 1.54) is 0 Å². The van der Waals surface area contributed by atoms with Crippen molar-refractivity contribution in [1.82, 2.24) is 14.5 Å². The molecule has 1 amide bonds. The third-order valence-corrected chi connectivity index (χ3v) is 4.89. The molecule has 0 bridgehead atoms. The number of aryl methyl sites for hydroxylation is 1. The van der Waals surface area contributed by atoms with Gasteiger partial charge in [-0.3, -0.25) is 14.2 Å². The fraction of sp³-hybridized carbons (Fsp3) is 0.263. The van der Waals surface area contributed by atoms with Crippen LogP contribution in [-0.2, 0) is 13.0 Å². The molecule has 3 heterocycles. The Morgan fingerprint density at radius 2 is 2.08 bits per heavy atom.